The average molecular weight is 284 g/mol. The summed E-state index contributed by atoms with van der Waals surface area (Å²) in [6.45, 7) is 0.548. The van der Waals surface area contributed by atoms with Crippen molar-refractivity contribution in [1.82, 2.24) is 4.90 Å². The zero-order chi connectivity index (χ0) is 13.8. The van der Waals surface area contributed by atoms with Crippen LogP contribution in [-0.2, 0) is 0 Å². The zero-order valence-electron chi connectivity index (χ0n) is 10.4. The highest BCUT2D eigenvalue weighted by atomic mass is 32.1. The van der Waals surface area contributed by atoms with Gasteiger partial charge in [0, 0.05) is 25.3 Å². The lowest BCUT2D eigenvalue weighted by Crippen LogP contribution is -2.44. The van der Waals surface area contributed by atoms with Crippen molar-refractivity contribution in [3.8, 4) is 0 Å². The fourth-order valence-corrected chi connectivity index (χ4v) is 2.85. The highest BCUT2D eigenvalue weighted by Crippen LogP contribution is 2.30. The van der Waals surface area contributed by atoms with Crippen LogP contribution in [0.3, 0.4) is 0 Å². The normalized spacial score (nSPS) is 15.0. The van der Waals surface area contributed by atoms with Crippen LogP contribution < -0.4 is 0 Å². The van der Waals surface area contributed by atoms with Crippen LogP contribution in [0, 0.1) is 10.1 Å². The fourth-order valence-electron chi connectivity index (χ4n) is 2.07. The van der Waals surface area contributed by atoms with Gasteiger partial charge in [-0.3, -0.25) is 14.9 Å². The molecular weight excluding hydrogens is 268 g/mol. The maximum Gasteiger partial charge on any atom is 0.324 e. The van der Waals surface area contributed by atoms with E-state index < -0.39 is 4.92 Å². The zero-order valence-corrected chi connectivity index (χ0v) is 11.3. The molecule has 0 spiro atoms. The molecule has 1 aromatic rings. The van der Waals surface area contributed by atoms with E-state index in [1.54, 1.807) is 4.90 Å². The summed E-state index contributed by atoms with van der Waals surface area (Å²) < 4.78 is 0. The Labute approximate surface area is 114 Å². The van der Waals surface area contributed by atoms with Gasteiger partial charge < -0.3 is 10.0 Å². The highest BCUT2D eigenvalue weighted by Gasteiger charge is 2.30. The summed E-state index contributed by atoms with van der Waals surface area (Å²) in [5.41, 5.74) is 0. The topological polar surface area (TPSA) is 83.7 Å². The first-order valence-electron chi connectivity index (χ1n) is 6.29. The molecule has 104 valence electrons. The van der Waals surface area contributed by atoms with Crippen molar-refractivity contribution < 1.29 is 14.8 Å². The van der Waals surface area contributed by atoms with Crippen molar-refractivity contribution >= 4 is 22.2 Å². The summed E-state index contributed by atoms with van der Waals surface area (Å²) in [6.07, 6.45) is 3.60. The van der Waals surface area contributed by atoms with E-state index in [0.29, 0.717) is 17.8 Å². The number of hydrogen-bond donors (Lipinski definition) is 1. The Kier molecular flexibility index (Phi) is 4.49. The molecule has 0 atom stereocenters. The molecule has 0 aromatic carbocycles. The first-order valence-corrected chi connectivity index (χ1v) is 7.11. The molecule has 0 aliphatic heterocycles. The minimum Gasteiger partial charge on any atom is -0.396 e. The maximum atomic E-state index is 12.4. The minimum absolute atomic E-state index is 0.0148. The summed E-state index contributed by atoms with van der Waals surface area (Å²) in [5.74, 6) is -0.156. The van der Waals surface area contributed by atoms with Gasteiger partial charge in [-0.1, -0.05) is 11.3 Å². The molecular formula is C12H16N2O4S. The number of nitrogens with zero attached hydrogens (tertiary/aromatic N) is 2. The molecule has 1 amide bonds. The van der Waals surface area contributed by atoms with Gasteiger partial charge in [-0.2, -0.15) is 0 Å². The number of nitro groups is 1. The van der Waals surface area contributed by atoms with Crippen LogP contribution in [0.1, 0.15) is 35.4 Å². The number of carbonyl (C=O) groups excluding carboxylic acids is 1. The van der Waals surface area contributed by atoms with E-state index in [4.69, 9.17) is 5.11 Å². The van der Waals surface area contributed by atoms with Crippen molar-refractivity contribution in [2.45, 2.75) is 31.7 Å². The minimum atomic E-state index is -0.483. The second-order valence-corrected chi connectivity index (χ2v) is 5.62. The molecule has 0 bridgehead atoms. The van der Waals surface area contributed by atoms with E-state index in [9.17, 15) is 14.9 Å². The molecule has 1 N–H and O–H groups in total. The lowest BCUT2D eigenvalue weighted by Gasteiger charge is -2.37. The third kappa shape index (κ3) is 3.10. The van der Waals surface area contributed by atoms with Crippen LogP contribution in [0.4, 0.5) is 5.00 Å². The lowest BCUT2D eigenvalue weighted by atomic mass is 9.91. The van der Waals surface area contributed by atoms with Gasteiger partial charge in [0.15, 0.2) is 0 Å². The van der Waals surface area contributed by atoms with E-state index in [1.165, 1.54) is 12.1 Å². The number of amides is 1. The molecule has 0 saturated heterocycles. The third-order valence-electron chi connectivity index (χ3n) is 3.32. The van der Waals surface area contributed by atoms with E-state index in [1.807, 2.05) is 0 Å². The molecule has 2 rings (SSSR count). The second-order valence-electron chi connectivity index (χ2n) is 4.56. The van der Waals surface area contributed by atoms with Crippen molar-refractivity contribution in [2.75, 3.05) is 13.2 Å². The van der Waals surface area contributed by atoms with E-state index in [0.717, 1.165) is 30.6 Å². The molecule has 19 heavy (non-hydrogen) atoms. The van der Waals surface area contributed by atoms with Crippen LogP contribution in [-0.4, -0.2) is 40.0 Å². The highest BCUT2D eigenvalue weighted by molar-refractivity contribution is 7.17. The fraction of sp³-hybridized carbons (Fsp3) is 0.583. The summed E-state index contributed by atoms with van der Waals surface area (Å²) in [4.78, 5) is 24.7. The summed E-state index contributed by atoms with van der Waals surface area (Å²) in [6, 6.07) is 3.10. The molecule has 7 heteroatoms. The standard InChI is InChI=1S/C12H16N2O4S/c15-8-2-7-13(9-3-1-4-9)12(16)10-5-6-11(19-10)14(17)18/h5-6,9,15H,1-4,7-8H2. The Morgan fingerprint density at radius 1 is 1.53 bits per heavy atom. The number of aliphatic hydroxyl groups excluding tert-OH is 1. The quantitative estimate of drug-likeness (QED) is 0.640. The predicted octanol–water partition coefficient (Wildman–Crippen LogP) is 2.03. The Hall–Kier alpha value is -1.47. The lowest BCUT2D eigenvalue weighted by molar-refractivity contribution is -0.380. The Balaban J connectivity index is 2.10. The maximum absolute atomic E-state index is 12.4. The van der Waals surface area contributed by atoms with Crippen LogP contribution >= 0.6 is 11.3 Å². The Bertz CT molecular complexity index is 470. The van der Waals surface area contributed by atoms with Crippen molar-refractivity contribution in [1.29, 1.82) is 0 Å². The first-order chi connectivity index (χ1) is 9.13. The summed E-state index contributed by atoms with van der Waals surface area (Å²) >= 11 is 0.910. The van der Waals surface area contributed by atoms with Gasteiger partial charge in [0.1, 0.15) is 0 Å². The largest absolute Gasteiger partial charge is 0.396 e. The van der Waals surface area contributed by atoms with E-state index in [-0.39, 0.29) is 23.6 Å². The monoisotopic (exact) mass is 284 g/mol. The Morgan fingerprint density at radius 2 is 2.26 bits per heavy atom. The smallest absolute Gasteiger partial charge is 0.324 e. The van der Waals surface area contributed by atoms with Crippen LogP contribution in [0.15, 0.2) is 12.1 Å². The number of aliphatic hydroxyl groups is 1. The average Bonchev–Trinajstić information content (AvgIpc) is 2.80. The second kappa shape index (κ2) is 6.12. The van der Waals surface area contributed by atoms with E-state index in [2.05, 4.69) is 0 Å². The van der Waals surface area contributed by atoms with Crippen molar-refractivity contribution in [2.24, 2.45) is 0 Å². The SMILES string of the molecule is O=C(c1ccc([N+](=O)[O-])s1)N(CCCO)C1CCC1. The molecule has 6 nitrogen and oxygen atoms in total. The molecule has 1 fully saturated rings. The Morgan fingerprint density at radius 3 is 2.74 bits per heavy atom. The van der Waals surface area contributed by atoms with Crippen molar-refractivity contribution in [3.05, 3.63) is 27.1 Å². The van der Waals surface area contributed by atoms with Crippen LogP contribution in [0.25, 0.3) is 0 Å². The van der Waals surface area contributed by atoms with Crippen LogP contribution in [0.2, 0.25) is 0 Å². The number of rotatable bonds is 6. The van der Waals surface area contributed by atoms with Gasteiger partial charge in [0.25, 0.3) is 5.91 Å². The molecule has 1 aliphatic rings. The van der Waals surface area contributed by atoms with E-state index >= 15 is 0 Å². The first kappa shape index (κ1) is 14.0. The molecule has 1 heterocycles. The van der Waals surface area contributed by atoms with Gasteiger partial charge in [-0.05, 0) is 31.7 Å². The summed E-state index contributed by atoms with van der Waals surface area (Å²) in [7, 11) is 0. The third-order valence-corrected chi connectivity index (χ3v) is 4.34. The predicted molar refractivity (Wildman–Crippen MR) is 71.4 cm³/mol. The van der Waals surface area contributed by atoms with Gasteiger partial charge in [-0.15, -0.1) is 0 Å². The van der Waals surface area contributed by atoms with Gasteiger partial charge in [-0.25, -0.2) is 0 Å². The molecule has 0 unspecified atom stereocenters. The van der Waals surface area contributed by atoms with Gasteiger partial charge in [0.05, 0.1) is 9.80 Å². The molecule has 1 aliphatic carbocycles. The number of hydrogen-bond acceptors (Lipinski definition) is 5. The number of carbonyl (C=O) groups is 1. The molecule has 1 aromatic heterocycles. The van der Waals surface area contributed by atoms with Gasteiger partial charge >= 0.3 is 5.00 Å². The molecule has 1 saturated carbocycles. The van der Waals surface area contributed by atoms with Crippen LogP contribution in [0.5, 0.6) is 0 Å². The summed E-state index contributed by atoms with van der Waals surface area (Å²) in [5, 5.41) is 19.5. The number of thiophene rings is 1. The van der Waals surface area contributed by atoms with Gasteiger partial charge in [0.2, 0.25) is 0 Å². The molecule has 0 radical (unpaired) electrons. The van der Waals surface area contributed by atoms with Crippen molar-refractivity contribution in [3.63, 3.8) is 0 Å².